The average molecular weight is 386 g/mol. The zero-order valence-electron chi connectivity index (χ0n) is 14.8. The minimum absolute atomic E-state index is 0.162. The number of H-pyrrole nitrogens is 1. The van der Waals surface area contributed by atoms with Crippen LogP contribution in [0.3, 0.4) is 0 Å². The van der Waals surface area contributed by atoms with E-state index in [1.807, 2.05) is 4.90 Å². The van der Waals surface area contributed by atoms with Crippen LogP contribution < -0.4 is 11.0 Å². The smallest absolute Gasteiger partial charge is 0.315 e. The van der Waals surface area contributed by atoms with Gasteiger partial charge in [0, 0.05) is 31.6 Å². The Morgan fingerprint density at radius 1 is 1.39 bits per heavy atom. The van der Waals surface area contributed by atoms with Crippen molar-refractivity contribution >= 4 is 16.7 Å². The Morgan fingerprint density at radius 3 is 2.93 bits per heavy atom. The van der Waals surface area contributed by atoms with Crippen molar-refractivity contribution in [3.05, 3.63) is 77.5 Å². The number of nitrogens with one attached hydrogen (secondary N) is 1. The summed E-state index contributed by atoms with van der Waals surface area (Å²) in [5.74, 6) is -0.334. The Bertz CT molecular complexity index is 1230. The van der Waals surface area contributed by atoms with Gasteiger partial charge in [0.15, 0.2) is 5.43 Å². The first-order valence-electron chi connectivity index (χ1n) is 8.53. The van der Waals surface area contributed by atoms with Gasteiger partial charge in [-0.25, -0.2) is 9.37 Å². The predicted molar refractivity (Wildman–Crippen MR) is 96.5 cm³/mol. The van der Waals surface area contributed by atoms with Gasteiger partial charge in [0.05, 0.1) is 33.9 Å². The van der Waals surface area contributed by atoms with Gasteiger partial charge in [-0.05, 0) is 13.0 Å². The number of hydrogen-bond acceptors (Lipinski definition) is 7. The predicted octanol–water partition coefficient (Wildman–Crippen LogP) is 1.79. The maximum Gasteiger partial charge on any atom is 0.315 e. The van der Waals surface area contributed by atoms with Crippen molar-refractivity contribution in [3.8, 4) is 0 Å². The highest BCUT2D eigenvalue weighted by atomic mass is 19.1. The van der Waals surface area contributed by atoms with E-state index in [0.717, 1.165) is 18.0 Å². The van der Waals surface area contributed by atoms with E-state index in [1.165, 1.54) is 0 Å². The van der Waals surface area contributed by atoms with E-state index < -0.39 is 21.9 Å². The number of aromatic nitrogens is 2. The Labute approximate surface area is 156 Å². The molecule has 3 heterocycles. The molecule has 1 aliphatic rings. The molecule has 0 bridgehead atoms. The van der Waals surface area contributed by atoms with Crippen molar-refractivity contribution in [3.63, 3.8) is 0 Å². The van der Waals surface area contributed by atoms with Crippen LogP contribution in [0.15, 0.2) is 32.4 Å². The van der Waals surface area contributed by atoms with Crippen LogP contribution in [0.4, 0.5) is 10.1 Å². The van der Waals surface area contributed by atoms with Gasteiger partial charge < -0.3 is 9.40 Å². The van der Waals surface area contributed by atoms with E-state index in [2.05, 4.69) is 9.97 Å². The van der Waals surface area contributed by atoms with Crippen LogP contribution in [0.1, 0.15) is 22.6 Å². The summed E-state index contributed by atoms with van der Waals surface area (Å²) in [6, 6.07) is 1.65. The van der Waals surface area contributed by atoms with Crippen molar-refractivity contribution in [2.24, 2.45) is 0 Å². The van der Waals surface area contributed by atoms with Gasteiger partial charge >= 0.3 is 5.69 Å². The number of fused-ring (bicyclic) bond motifs is 2. The van der Waals surface area contributed by atoms with Crippen LogP contribution in [0, 0.1) is 22.9 Å². The molecule has 1 aliphatic heterocycles. The quantitative estimate of drug-likeness (QED) is 0.538. The number of aromatic amines is 1. The highest BCUT2D eigenvalue weighted by Crippen LogP contribution is 2.26. The van der Waals surface area contributed by atoms with Crippen LogP contribution >= 0.6 is 0 Å². The second-order valence-corrected chi connectivity index (χ2v) is 6.69. The van der Waals surface area contributed by atoms with Crippen molar-refractivity contribution in [1.82, 2.24) is 14.9 Å². The SMILES string of the molecule is Cc1nc2c(c(=O)[nH]1)CN(Cc1coc3c([N+](=O)[O-])cc(F)cc3c1=O)CC2. The monoisotopic (exact) mass is 386 g/mol. The van der Waals surface area contributed by atoms with Crippen LogP contribution in [-0.2, 0) is 19.5 Å². The normalized spacial score (nSPS) is 14.2. The van der Waals surface area contributed by atoms with Crippen LogP contribution in [0.5, 0.6) is 0 Å². The summed E-state index contributed by atoms with van der Waals surface area (Å²) in [6.45, 7) is 2.75. The molecular formula is C18H15FN4O5. The molecule has 0 aliphatic carbocycles. The first kappa shape index (κ1) is 18.0. The van der Waals surface area contributed by atoms with Gasteiger partial charge in [0.1, 0.15) is 11.6 Å². The third kappa shape index (κ3) is 3.07. The fraction of sp³-hybridized carbons (Fsp3) is 0.278. The molecule has 0 spiro atoms. The number of nitro groups is 1. The number of halogens is 1. The lowest BCUT2D eigenvalue weighted by Crippen LogP contribution is -2.36. The van der Waals surface area contributed by atoms with Crippen molar-refractivity contribution < 1.29 is 13.7 Å². The number of nitrogens with zero attached hydrogens (tertiary/aromatic N) is 3. The molecule has 0 fully saturated rings. The zero-order valence-corrected chi connectivity index (χ0v) is 14.8. The third-order valence-corrected chi connectivity index (χ3v) is 4.75. The summed E-state index contributed by atoms with van der Waals surface area (Å²) in [7, 11) is 0. The molecular weight excluding hydrogens is 371 g/mol. The van der Waals surface area contributed by atoms with Gasteiger partial charge in [-0.3, -0.25) is 24.6 Å². The Kier molecular flexibility index (Phi) is 4.27. The maximum absolute atomic E-state index is 13.7. The molecule has 0 atom stereocenters. The number of rotatable bonds is 3. The number of benzene rings is 1. The van der Waals surface area contributed by atoms with Gasteiger partial charge in [-0.15, -0.1) is 0 Å². The molecule has 9 nitrogen and oxygen atoms in total. The van der Waals surface area contributed by atoms with Crippen molar-refractivity contribution in [2.45, 2.75) is 26.4 Å². The van der Waals surface area contributed by atoms with Crippen molar-refractivity contribution in [2.75, 3.05) is 6.54 Å². The minimum Gasteiger partial charge on any atom is -0.456 e. The number of non-ortho nitro benzene ring substituents is 1. The van der Waals surface area contributed by atoms with E-state index in [4.69, 9.17) is 4.42 Å². The molecule has 1 N–H and O–H groups in total. The topological polar surface area (TPSA) is 122 Å². The standard InChI is InChI=1S/C18H15FN4O5/c1-9-20-14-2-3-22(7-13(14)18(25)21-9)6-10-8-28-17-12(16(10)24)4-11(19)5-15(17)23(26)27/h4-5,8H,2-3,6-7H2,1H3,(H,20,21,25). The molecule has 0 radical (unpaired) electrons. The molecule has 2 aromatic heterocycles. The Balaban J connectivity index is 1.69. The zero-order chi connectivity index (χ0) is 20.0. The van der Waals surface area contributed by atoms with Gasteiger partial charge in [0.2, 0.25) is 5.58 Å². The number of hydrogen-bond donors (Lipinski definition) is 1. The lowest BCUT2D eigenvalue weighted by atomic mass is 10.1. The van der Waals surface area contributed by atoms with E-state index in [1.54, 1.807) is 6.92 Å². The second-order valence-electron chi connectivity index (χ2n) is 6.69. The molecule has 10 heteroatoms. The molecule has 3 aromatic rings. The van der Waals surface area contributed by atoms with E-state index in [0.29, 0.717) is 37.0 Å². The second kappa shape index (κ2) is 6.64. The maximum atomic E-state index is 13.7. The molecule has 0 saturated heterocycles. The van der Waals surface area contributed by atoms with E-state index >= 15 is 0 Å². The Hall–Kier alpha value is -3.40. The summed E-state index contributed by atoms with van der Waals surface area (Å²) < 4.78 is 19.0. The largest absolute Gasteiger partial charge is 0.456 e. The minimum atomic E-state index is -0.886. The fourth-order valence-corrected chi connectivity index (χ4v) is 3.45. The fourth-order valence-electron chi connectivity index (χ4n) is 3.45. The van der Waals surface area contributed by atoms with Crippen molar-refractivity contribution in [1.29, 1.82) is 0 Å². The van der Waals surface area contributed by atoms with Gasteiger partial charge in [0.25, 0.3) is 5.56 Å². The number of nitro benzene ring substituents is 1. The molecule has 1 aromatic carbocycles. The van der Waals surface area contributed by atoms with Gasteiger partial charge in [-0.1, -0.05) is 0 Å². The average Bonchev–Trinajstić information content (AvgIpc) is 2.64. The molecule has 28 heavy (non-hydrogen) atoms. The molecule has 144 valence electrons. The highest BCUT2D eigenvalue weighted by molar-refractivity contribution is 5.85. The third-order valence-electron chi connectivity index (χ3n) is 4.75. The molecule has 0 unspecified atom stereocenters. The molecule has 0 amide bonds. The van der Waals surface area contributed by atoms with Crippen LogP contribution in [0.2, 0.25) is 0 Å². The van der Waals surface area contributed by atoms with Crippen LogP contribution in [0.25, 0.3) is 11.0 Å². The van der Waals surface area contributed by atoms with E-state index in [-0.39, 0.29) is 28.6 Å². The number of aryl methyl sites for hydroxylation is 1. The van der Waals surface area contributed by atoms with E-state index in [9.17, 15) is 24.1 Å². The lowest BCUT2D eigenvalue weighted by Gasteiger charge is -2.27. The highest BCUT2D eigenvalue weighted by Gasteiger charge is 2.24. The first-order valence-corrected chi connectivity index (χ1v) is 8.53. The summed E-state index contributed by atoms with van der Waals surface area (Å²) in [4.78, 5) is 44.1. The van der Waals surface area contributed by atoms with Crippen LogP contribution in [-0.4, -0.2) is 26.3 Å². The summed E-state index contributed by atoms with van der Waals surface area (Å²) in [5.41, 5.74) is -0.100. The molecule has 0 saturated carbocycles. The summed E-state index contributed by atoms with van der Waals surface area (Å²) >= 11 is 0. The molecule has 4 rings (SSSR count). The van der Waals surface area contributed by atoms with Gasteiger partial charge in [-0.2, -0.15) is 0 Å². The summed E-state index contributed by atoms with van der Waals surface area (Å²) in [5, 5.41) is 10.9. The lowest BCUT2D eigenvalue weighted by molar-refractivity contribution is -0.383. The Morgan fingerprint density at radius 2 is 2.18 bits per heavy atom. The summed E-state index contributed by atoms with van der Waals surface area (Å²) in [6.07, 6.45) is 1.71. The first-order chi connectivity index (χ1) is 13.3.